The molecule has 2 N–H and O–H groups in total. The van der Waals surface area contributed by atoms with Crippen LogP contribution in [0.4, 0.5) is 11.4 Å². The third-order valence-electron chi connectivity index (χ3n) is 3.48. The third kappa shape index (κ3) is 2.81. The second-order valence-corrected chi connectivity index (χ2v) is 5.47. The number of hydrogen-bond donors (Lipinski definition) is 2. The van der Waals surface area contributed by atoms with Crippen LogP contribution in [0.15, 0.2) is 71.3 Å². The number of rotatable bonds is 3. The molecule has 1 heterocycles. The smallest absolute Gasteiger partial charge is 0.270 e. The number of benzene rings is 2. The van der Waals surface area contributed by atoms with Crippen LogP contribution in [0.25, 0.3) is 0 Å². The molecule has 4 nitrogen and oxygen atoms in total. The fraction of sp³-hybridized carbons (Fsp3) is 0.118. The molecule has 2 aromatic rings. The van der Waals surface area contributed by atoms with Gasteiger partial charge in [0.25, 0.3) is 5.91 Å². The summed E-state index contributed by atoms with van der Waals surface area (Å²) in [5.74, 6) is -0.118. The van der Waals surface area contributed by atoms with Gasteiger partial charge >= 0.3 is 0 Å². The first-order valence-electron chi connectivity index (χ1n) is 7.06. The molecule has 1 fully saturated rings. The van der Waals surface area contributed by atoms with Crippen molar-refractivity contribution in [2.45, 2.75) is 13.0 Å². The summed E-state index contributed by atoms with van der Waals surface area (Å²) in [7, 11) is 0. The first kappa shape index (κ1) is 14.6. The molecule has 1 atom stereocenters. The van der Waals surface area contributed by atoms with Gasteiger partial charge in [-0.1, -0.05) is 41.4 Å². The number of hydrazine groups is 1. The fourth-order valence-corrected chi connectivity index (χ4v) is 2.79. The van der Waals surface area contributed by atoms with Gasteiger partial charge in [0, 0.05) is 11.3 Å². The first-order valence-corrected chi connectivity index (χ1v) is 7.46. The van der Waals surface area contributed by atoms with Crippen LogP contribution in [-0.4, -0.2) is 11.9 Å². The third-order valence-corrected chi connectivity index (χ3v) is 3.80. The molecule has 22 heavy (non-hydrogen) atoms. The lowest BCUT2D eigenvalue weighted by Gasteiger charge is -2.20. The molecule has 1 aliphatic heterocycles. The van der Waals surface area contributed by atoms with E-state index >= 15 is 0 Å². The highest BCUT2D eigenvalue weighted by Gasteiger charge is 2.33. The van der Waals surface area contributed by atoms with Crippen molar-refractivity contribution in [3.05, 3.63) is 71.3 Å². The van der Waals surface area contributed by atoms with Crippen LogP contribution in [-0.2, 0) is 17.4 Å². The molecule has 2 aromatic carbocycles. The average Bonchev–Trinajstić information content (AvgIpc) is 2.84. The van der Waals surface area contributed by atoms with Crippen molar-refractivity contribution in [2.75, 3.05) is 10.3 Å². The Labute approximate surface area is 135 Å². The molecule has 0 bridgehead atoms. The number of carbonyl (C=O) groups excluding carboxylic acids is 1. The Morgan fingerprint density at radius 2 is 1.68 bits per heavy atom. The largest absolute Gasteiger partial charge is 0.762 e. The second kappa shape index (κ2) is 6.17. The van der Waals surface area contributed by atoms with E-state index in [9.17, 15) is 4.79 Å². The van der Waals surface area contributed by atoms with Gasteiger partial charge in [-0.2, -0.15) is 0 Å². The van der Waals surface area contributed by atoms with Crippen molar-refractivity contribution < 1.29 is 4.79 Å². The summed E-state index contributed by atoms with van der Waals surface area (Å²) in [4.78, 5) is 12.6. The highest BCUT2D eigenvalue weighted by atomic mass is 32.1. The minimum absolute atomic E-state index is 0.118. The van der Waals surface area contributed by atoms with Gasteiger partial charge in [-0.15, -0.1) is 0 Å². The van der Waals surface area contributed by atoms with E-state index < -0.39 is 0 Å². The van der Waals surface area contributed by atoms with E-state index in [2.05, 4.69) is 10.7 Å². The lowest BCUT2D eigenvalue weighted by atomic mass is 10.1. The van der Waals surface area contributed by atoms with Crippen molar-refractivity contribution in [1.29, 1.82) is 0 Å². The Bertz CT molecular complexity index is 700. The van der Waals surface area contributed by atoms with Crippen LogP contribution in [0.1, 0.15) is 6.92 Å². The van der Waals surface area contributed by atoms with Crippen molar-refractivity contribution in [2.24, 2.45) is 0 Å². The van der Waals surface area contributed by atoms with Crippen LogP contribution in [0.3, 0.4) is 0 Å². The maximum absolute atomic E-state index is 12.6. The average molecular weight is 310 g/mol. The van der Waals surface area contributed by atoms with Crippen LogP contribution in [0.5, 0.6) is 0 Å². The molecule has 0 saturated carbocycles. The van der Waals surface area contributed by atoms with Gasteiger partial charge in [-0.25, -0.2) is 10.4 Å². The number of amides is 1. The Morgan fingerprint density at radius 3 is 2.32 bits per heavy atom. The van der Waals surface area contributed by atoms with Crippen LogP contribution < -0.4 is 15.8 Å². The van der Waals surface area contributed by atoms with E-state index in [0.29, 0.717) is 10.6 Å². The maximum atomic E-state index is 12.6. The van der Waals surface area contributed by atoms with Crippen molar-refractivity contribution in [1.82, 2.24) is 5.43 Å². The van der Waals surface area contributed by atoms with Crippen molar-refractivity contribution in [3.63, 3.8) is 0 Å². The Hall–Kier alpha value is -2.37. The lowest BCUT2D eigenvalue weighted by molar-refractivity contribution is -0.114. The predicted octanol–water partition coefficient (Wildman–Crippen LogP) is 2.80. The number of anilines is 2. The quantitative estimate of drug-likeness (QED) is 0.676. The highest BCUT2D eigenvalue weighted by molar-refractivity contribution is 7.63. The Kier molecular flexibility index (Phi) is 4.09. The molecule has 1 saturated heterocycles. The summed E-state index contributed by atoms with van der Waals surface area (Å²) in [6, 6.07) is 18.9. The minimum Gasteiger partial charge on any atom is -0.762 e. The summed E-state index contributed by atoms with van der Waals surface area (Å²) in [6.07, 6.45) is 0. The van der Waals surface area contributed by atoms with Gasteiger partial charge in [0.2, 0.25) is 0 Å². The summed E-state index contributed by atoms with van der Waals surface area (Å²) in [5, 5.41) is 5.12. The summed E-state index contributed by atoms with van der Waals surface area (Å²) >= 11 is 5.42. The highest BCUT2D eigenvalue weighted by Crippen LogP contribution is 2.24. The molecular weight excluding hydrogens is 294 g/mol. The van der Waals surface area contributed by atoms with E-state index in [-0.39, 0.29) is 11.9 Å². The zero-order valence-corrected chi connectivity index (χ0v) is 12.9. The molecule has 0 spiro atoms. The van der Waals surface area contributed by atoms with Gasteiger partial charge in [-0.05, 0) is 31.2 Å². The molecule has 0 radical (unpaired) electrons. The summed E-state index contributed by atoms with van der Waals surface area (Å²) in [6.45, 7) is 1.93. The van der Waals surface area contributed by atoms with Gasteiger partial charge in [0.05, 0.1) is 11.7 Å². The van der Waals surface area contributed by atoms with Crippen LogP contribution in [0.2, 0.25) is 0 Å². The second-order valence-electron chi connectivity index (χ2n) is 5.06. The van der Waals surface area contributed by atoms with Gasteiger partial charge in [0.1, 0.15) is 0 Å². The molecule has 1 aliphatic rings. The lowest BCUT2D eigenvalue weighted by Crippen LogP contribution is -2.36. The minimum atomic E-state index is -0.142. The number of nitrogens with one attached hydrogen (secondary N) is 2. The van der Waals surface area contributed by atoms with Gasteiger partial charge in [0.15, 0.2) is 0 Å². The zero-order valence-electron chi connectivity index (χ0n) is 12.1. The first-order chi connectivity index (χ1) is 10.7. The standard InChI is InChI=1S/C17H17N3OS/c1-12-15(16(22)18-13-8-4-2-5-9-13)17(21)20(19-12)14-10-6-3-7-11-14/h2-12,18-19,22H,1H3/p-1/b16-15-. The van der Waals surface area contributed by atoms with Crippen molar-refractivity contribution in [3.8, 4) is 0 Å². The monoisotopic (exact) mass is 310 g/mol. The van der Waals surface area contributed by atoms with Crippen LogP contribution in [0, 0.1) is 0 Å². The number of hydrogen-bond acceptors (Lipinski definition) is 4. The number of para-hydroxylation sites is 2. The summed E-state index contributed by atoms with van der Waals surface area (Å²) in [5.41, 5.74) is 5.40. The normalized spacial score (nSPS) is 20.1. The molecule has 1 unspecified atom stereocenters. The topological polar surface area (TPSA) is 44.4 Å². The number of nitrogens with zero attached hydrogens (tertiary/aromatic N) is 1. The number of carbonyl (C=O) groups is 1. The van der Waals surface area contributed by atoms with Gasteiger partial charge < -0.3 is 17.9 Å². The Balaban J connectivity index is 1.88. The van der Waals surface area contributed by atoms with Crippen molar-refractivity contribution >= 4 is 29.9 Å². The zero-order chi connectivity index (χ0) is 15.5. The van der Waals surface area contributed by atoms with E-state index in [1.165, 1.54) is 0 Å². The molecule has 0 aromatic heterocycles. The molecule has 1 amide bonds. The van der Waals surface area contributed by atoms with E-state index in [1.54, 1.807) is 5.01 Å². The van der Waals surface area contributed by atoms with Crippen LogP contribution >= 0.6 is 0 Å². The van der Waals surface area contributed by atoms with Gasteiger partial charge in [-0.3, -0.25) is 4.79 Å². The summed E-state index contributed by atoms with van der Waals surface area (Å²) < 4.78 is 0. The molecule has 0 aliphatic carbocycles. The van der Waals surface area contributed by atoms with E-state index in [4.69, 9.17) is 12.6 Å². The maximum Gasteiger partial charge on any atom is 0.270 e. The molecule has 5 heteroatoms. The Morgan fingerprint density at radius 1 is 1.09 bits per heavy atom. The van der Waals surface area contributed by atoms with E-state index in [1.807, 2.05) is 67.6 Å². The fourth-order valence-electron chi connectivity index (χ4n) is 2.41. The molecular formula is C17H16N3OS-. The SMILES string of the molecule is CC1NN(c2ccccc2)C(=O)/C1=C(\[S-])Nc1ccccc1. The van der Waals surface area contributed by atoms with E-state index in [0.717, 1.165) is 11.4 Å². The predicted molar refractivity (Wildman–Crippen MR) is 91.0 cm³/mol. The molecule has 3 rings (SSSR count). The molecule has 112 valence electrons.